The summed E-state index contributed by atoms with van der Waals surface area (Å²) in [6.45, 7) is 0.502. The molecule has 0 atom stereocenters. The maximum Gasteiger partial charge on any atom is 0.573 e. The summed E-state index contributed by atoms with van der Waals surface area (Å²) in [6, 6.07) is 11.4. The van der Waals surface area contributed by atoms with Crippen LogP contribution in [0.4, 0.5) is 13.2 Å². The van der Waals surface area contributed by atoms with Gasteiger partial charge in [-0.05, 0) is 18.2 Å². The molecule has 0 saturated heterocycles. The van der Waals surface area contributed by atoms with Crippen molar-refractivity contribution in [3.63, 3.8) is 0 Å². The first-order valence-corrected chi connectivity index (χ1v) is 7.21. The number of nitrogens with one attached hydrogen (secondary N) is 1. The van der Waals surface area contributed by atoms with E-state index in [2.05, 4.69) is 20.0 Å². The highest BCUT2D eigenvalue weighted by molar-refractivity contribution is 14.0. The first-order valence-electron chi connectivity index (χ1n) is 7.21. The third-order valence-corrected chi connectivity index (χ3v) is 3.03. The molecule has 0 unspecified atom stereocenters. The van der Waals surface area contributed by atoms with Gasteiger partial charge < -0.3 is 15.8 Å². The second kappa shape index (κ2) is 10.1. The predicted octanol–water partition coefficient (Wildman–Crippen LogP) is 3.25. The molecule has 9 heteroatoms. The molecule has 1 aromatic carbocycles. The average molecular weight is 466 g/mol. The van der Waals surface area contributed by atoms with E-state index in [9.17, 15) is 13.2 Å². The normalized spacial score (nSPS) is 11.6. The molecule has 1 heterocycles. The highest BCUT2D eigenvalue weighted by atomic mass is 127. The van der Waals surface area contributed by atoms with Crippen LogP contribution in [0.15, 0.2) is 53.7 Å². The average Bonchev–Trinajstić information content (AvgIpc) is 2.54. The van der Waals surface area contributed by atoms with Crippen LogP contribution in [-0.2, 0) is 13.0 Å². The van der Waals surface area contributed by atoms with E-state index in [1.165, 1.54) is 18.2 Å². The van der Waals surface area contributed by atoms with Gasteiger partial charge in [-0.3, -0.25) is 4.98 Å². The second-order valence-corrected chi connectivity index (χ2v) is 4.85. The topological polar surface area (TPSA) is 72.5 Å². The molecular formula is C16H18F3IN4O. The molecule has 136 valence electrons. The molecule has 0 aliphatic carbocycles. The van der Waals surface area contributed by atoms with Gasteiger partial charge in [-0.2, -0.15) is 0 Å². The fourth-order valence-corrected chi connectivity index (χ4v) is 1.95. The zero-order valence-electron chi connectivity index (χ0n) is 13.2. The summed E-state index contributed by atoms with van der Waals surface area (Å²) in [7, 11) is 0. The third kappa shape index (κ3) is 8.05. The summed E-state index contributed by atoms with van der Waals surface area (Å²) in [4.78, 5) is 8.20. The molecule has 0 amide bonds. The van der Waals surface area contributed by atoms with Gasteiger partial charge in [-0.15, -0.1) is 37.1 Å². The third-order valence-electron chi connectivity index (χ3n) is 3.03. The minimum Gasteiger partial charge on any atom is -0.405 e. The number of rotatable bonds is 6. The molecule has 1 aromatic heterocycles. The van der Waals surface area contributed by atoms with E-state index in [1.807, 2.05) is 18.2 Å². The van der Waals surface area contributed by atoms with Crippen molar-refractivity contribution in [2.24, 2.45) is 10.7 Å². The zero-order chi connectivity index (χ0) is 17.4. The van der Waals surface area contributed by atoms with Crippen molar-refractivity contribution in [3.05, 3.63) is 59.9 Å². The lowest BCUT2D eigenvalue weighted by molar-refractivity contribution is -0.274. The molecule has 0 saturated carbocycles. The Hall–Kier alpha value is -2.04. The van der Waals surface area contributed by atoms with Gasteiger partial charge >= 0.3 is 6.36 Å². The Morgan fingerprint density at radius 3 is 2.56 bits per heavy atom. The molecule has 0 aliphatic rings. The molecule has 0 bridgehead atoms. The summed E-state index contributed by atoms with van der Waals surface area (Å²) in [6.07, 6.45) is -2.39. The molecule has 2 aromatic rings. The number of ether oxygens (including phenoxy) is 1. The SMILES string of the molecule is I.NC(=NCc1ccccc1OC(F)(F)F)NCCc1ccccn1. The fourth-order valence-electron chi connectivity index (χ4n) is 1.95. The van der Waals surface area contributed by atoms with Gasteiger partial charge in [-0.1, -0.05) is 24.3 Å². The van der Waals surface area contributed by atoms with Gasteiger partial charge in [0, 0.05) is 30.4 Å². The van der Waals surface area contributed by atoms with E-state index in [0.29, 0.717) is 18.5 Å². The highest BCUT2D eigenvalue weighted by Gasteiger charge is 2.31. The van der Waals surface area contributed by atoms with E-state index in [-0.39, 0.29) is 42.2 Å². The Kier molecular flexibility index (Phi) is 8.46. The molecule has 25 heavy (non-hydrogen) atoms. The summed E-state index contributed by atoms with van der Waals surface area (Å²) in [5.74, 6) is -0.136. The van der Waals surface area contributed by atoms with Crippen LogP contribution >= 0.6 is 24.0 Å². The van der Waals surface area contributed by atoms with Crippen molar-refractivity contribution in [1.82, 2.24) is 10.3 Å². The number of nitrogens with zero attached hydrogens (tertiary/aromatic N) is 2. The van der Waals surface area contributed by atoms with Crippen molar-refractivity contribution in [1.29, 1.82) is 0 Å². The summed E-state index contributed by atoms with van der Waals surface area (Å²) in [5, 5.41) is 2.89. The van der Waals surface area contributed by atoms with E-state index in [0.717, 1.165) is 5.69 Å². The van der Waals surface area contributed by atoms with Crippen LogP contribution in [0, 0.1) is 0 Å². The van der Waals surface area contributed by atoms with Gasteiger partial charge in [0.05, 0.1) is 6.54 Å². The minimum absolute atomic E-state index is 0. The lowest BCUT2D eigenvalue weighted by Crippen LogP contribution is -2.33. The van der Waals surface area contributed by atoms with Crippen LogP contribution in [0.5, 0.6) is 5.75 Å². The lowest BCUT2D eigenvalue weighted by atomic mass is 10.2. The Labute approximate surface area is 160 Å². The molecule has 0 spiro atoms. The van der Waals surface area contributed by atoms with Gasteiger partial charge in [0.25, 0.3) is 0 Å². The fraction of sp³-hybridized carbons (Fsp3) is 0.250. The molecule has 0 aliphatic heterocycles. The quantitative estimate of drug-likeness (QED) is 0.390. The molecule has 5 nitrogen and oxygen atoms in total. The van der Waals surface area contributed by atoms with Crippen LogP contribution in [0.3, 0.4) is 0 Å². The first-order chi connectivity index (χ1) is 11.4. The van der Waals surface area contributed by atoms with Crippen LogP contribution in [0.2, 0.25) is 0 Å². The summed E-state index contributed by atoms with van der Waals surface area (Å²) in [5.41, 5.74) is 6.92. The first kappa shape index (κ1) is 21.0. The van der Waals surface area contributed by atoms with E-state index < -0.39 is 6.36 Å². The molecular weight excluding hydrogens is 448 g/mol. The summed E-state index contributed by atoms with van der Waals surface area (Å²) >= 11 is 0. The van der Waals surface area contributed by atoms with Crippen molar-refractivity contribution in [2.75, 3.05) is 6.54 Å². The van der Waals surface area contributed by atoms with Crippen LogP contribution in [-0.4, -0.2) is 23.9 Å². The number of halogens is 4. The number of pyridine rings is 1. The lowest BCUT2D eigenvalue weighted by Gasteiger charge is -2.12. The van der Waals surface area contributed by atoms with Crippen LogP contribution < -0.4 is 15.8 Å². The number of alkyl halides is 3. The number of guanidine groups is 1. The number of aromatic nitrogens is 1. The Morgan fingerprint density at radius 1 is 1.16 bits per heavy atom. The number of hydrogen-bond acceptors (Lipinski definition) is 3. The number of aliphatic imine (C=N–C) groups is 1. The monoisotopic (exact) mass is 466 g/mol. The number of nitrogens with two attached hydrogens (primary N) is 1. The van der Waals surface area contributed by atoms with Gasteiger partial charge in [-0.25, -0.2) is 4.99 Å². The molecule has 0 fully saturated rings. The van der Waals surface area contributed by atoms with Crippen LogP contribution in [0.1, 0.15) is 11.3 Å². The maximum atomic E-state index is 12.3. The van der Waals surface area contributed by atoms with Crippen molar-refractivity contribution in [3.8, 4) is 5.75 Å². The maximum absolute atomic E-state index is 12.3. The molecule has 3 N–H and O–H groups in total. The number of para-hydroxylation sites is 1. The van der Waals surface area contributed by atoms with Gasteiger partial charge in [0.1, 0.15) is 5.75 Å². The molecule has 0 radical (unpaired) electrons. The van der Waals surface area contributed by atoms with Crippen LogP contribution in [0.25, 0.3) is 0 Å². The van der Waals surface area contributed by atoms with Gasteiger partial charge in [0.15, 0.2) is 5.96 Å². The van der Waals surface area contributed by atoms with Gasteiger partial charge in [0.2, 0.25) is 0 Å². The largest absolute Gasteiger partial charge is 0.573 e. The van der Waals surface area contributed by atoms with E-state index >= 15 is 0 Å². The number of benzene rings is 1. The second-order valence-electron chi connectivity index (χ2n) is 4.85. The zero-order valence-corrected chi connectivity index (χ0v) is 15.5. The minimum atomic E-state index is -4.74. The standard InChI is InChI=1S/C16H17F3N4O.HI/c17-16(18,19)24-14-7-2-1-5-12(14)11-23-15(20)22-10-8-13-6-3-4-9-21-13;/h1-7,9H,8,10-11H2,(H3,20,22,23);1H. The Bertz CT molecular complexity index is 681. The van der Waals surface area contributed by atoms with E-state index in [1.54, 1.807) is 12.3 Å². The Morgan fingerprint density at radius 2 is 1.88 bits per heavy atom. The predicted molar refractivity (Wildman–Crippen MR) is 99.8 cm³/mol. The van der Waals surface area contributed by atoms with E-state index in [4.69, 9.17) is 5.73 Å². The van der Waals surface area contributed by atoms with Crippen molar-refractivity contribution < 1.29 is 17.9 Å². The number of hydrogen-bond donors (Lipinski definition) is 2. The highest BCUT2D eigenvalue weighted by Crippen LogP contribution is 2.26. The van der Waals surface area contributed by atoms with Crippen molar-refractivity contribution >= 4 is 29.9 Å². The molecule has 2 rings (SSSR count). The Balaban J connectivity index is 0.00000312. The summed E-state index contributed by atoms with van der Waals surface area (Å²) < 4.78 is 41.0. The van der Waals surface area contributed by atoms with Crippen molar-refractivity contribution in [2.45, 2.75) is 19.3 Å². The smallest absolute Gasteiger partial charge is 0.405 e.